The lowest BCUT2D eigenvalue weighted by atomic mass is 9.83. The molecule has 5 rings (SSSR count). The number of likely N-dealkylation sites (N-methyl/N-ethyl adjacent to an activating group) is 1. The van der Waals surface area contributed by atoms with E-state index in [9.17, 15) is 4.79 Å². The Morgan fingerprint density at radius 2 is 1.89 bits per heavy atom. The largest absolute Gasteiger partial charge is 0.395 e. The molecule has 4 fully saturated rings. The molecule has 0 aromatic heterocycles. The molecule has 5 heteroatoms. The quantitative estimate of drug-likeness (QED) is 0.834. The topological polar surface area (TPSA) is 47.0 Å². The van der Waals surface area contributed by atoms with Crippen molar-refractivity contribution >= 4 is 11.6 Å². The summed E-state index contributed by atoms with van der Waals surface area (Å²) in [5, 5.41) is 9.08. The van der Waals surface area contributed by atoms with Crippen LogP contribution in [-0.4, -0.2) is 73.2 Å². The summed E-state index contributed by atoms with van der Waals surface area (Å²) < 4.78 is 0. The Hall–Kier alpha value is -1.59. The summed E-state index contributed by atoms with van der Waals surface area (Å²) in [6.07, 6.45) is 6.70. The van der Waals surface area contributed by atoms with Gasteiger partial charge in [0.2, 0.25) is 0 Å². The zero-order valence-corrected chi connectivity index (χ0v) is 16.5. The fraction of sp³-hybridized carbons (Fsp3) is 0.682. The van der Waals surface area contributed by atoms with Crippen LogP contribution in [0.15, 0.2) is 24.3 Å². The molecule has 1 aromatic carbocycles. The van der Waals surface area contributed by atoms with Gasteiger partial charge in [0.1, 0.15) is 0 Å². The number of aliphatic hydroxyl groups excluding tert-OH is 1. The first kappa shape index (κ1) is 18.8. The maximum atomic E-state index is 13.1. The summed E-state index contributed by atoms with van der Waals surface area (Å²) in [7, 11) is 1.95. The number of carbonyl (C=O) groups is 1. The third kappa shape index (κ3) is 4.14. The number of hydrogen-bond acceptors (Lipinski definition) is 4. The fourth-order valence-electron chi connectivity index (χ4n) is 4.90. The van der Waals surface area contributed by atoms with E-state index in [4.69, 9.17) is 5.11 Å². The van der Waals surface area contributed by atoms with Crippen LogP contribution in [0.3, 0.4) is 0 Å². The molecule has 1 N–H and O–H groups in total. The predicted octanol–water partition coefficient (Wildman–Crippen LogP) is 2.45. The van der Waals surface area contributed by atoms with Crippen molar-refractivity contribution in [2.75, 3.05) is 51.3 Å². The second kappa shape index (κ2) is 8.19. The molecule has 3 saturated heterocycles. The van der Waals surface area contributed by atoms with Crippen LogP contribution in [0.1, 0.15) is 42.5 Å². The molecule has 4 aliphatic rings. The standard InChI is InChI=1S/C22H33N3O2/c1-23(11-12-26)20-9-6-19(7-10-20)22(27)25-15-18-5-8-21(16-25)24(14-18)13-17-3-2-4-17/h6-7,9-10,17-18,21,26H,2-5,8,11-16H2,1H3/t18-,21-/m0/s1. The highest BCUT2D eigenvalue weighted by Gasteiger charge is 2.37. The Morgan fingerprint density at radius 1 is 1.11 bits per heavy atom. The highest BCUT2D eigenvalue weighted by molar-refractivity contribution is 5.94. The first-order valence-corrected chi connectivity index (χ1v) is 10.6. The van der Waals surface area contributed by atoms with E-state index in [1.54, 1.807) is 0 Å². The van der Waals surface area contributed by atoms with E-state index in [0.29, 0.717) is 18.5 Å². The van der Waals surface area contributed by atoms with Gasteiger partial charge < -0.3 is 14.9 Å². The molecule has 2 bridgehead atoms. The number of benzene rings is 1. The number of fused-ring (bicyclic) bond motifs is 4. The van der Waals surface area contributed by atoms with E-state index >= 15 is 0 Å². The van der Waals surface area contributed by atoms with Crippen LogP contribution in [-0.2, 0) is 0 Å². The molecule has 2 atom stereocenters. The maximum Gasteiger partial charge on any atom is 0.253 e. The van der Waals surface area contributed by atoms with E-state index in [2.05, 4.69) is 9.80 Å². The molecular weight excluding hydrogens is 338 g/mol. The third-order valence-electron chi connectivity index (χ3n) is 6.82. The van der Waals surface area contributed by atoms with Gasteiger partial charge in [0.05, 0.1) is 6.61 Å². The minimum absolute atomic E-state index is 0.130. The zero-order chi connectivity index (χ0) is 18.8. The van der Waals surface area contributed by atoms with E-state index in [1.807, 2.05) is 36.2 Å². The second-order valence-corrected chi connectivity index (χ2v) is 8.75. The Labute approximate surface area is 162 Å². The van der Waals surface area contributed by atoms with Crippen molar-refractivity contribution in [1.29, 1.82) is 0 Å². The van der Waals surface area contributed by atoms with Gasteiger partial charge in [0.15, 0.2) is 0 Å². The van der Waals surface area contributed by atoms with Gasteiger partial charge in [0, 0.05) is 57.1 Å². The van der Waals surface area contributed by atoms with Gasteiger partial charge in [-0.25, -0.2) is 0 Å². The SMILES string of the molecule is CN(CCO)c1ccc(C(=O)N2C[C@H]3CC[C@@H](C2)N(CC2CCC2)C3)cc1. The molecule has 3 heterocycles. The van der Waals surface area contributed by atoms with Crippen LogP contribution in [0.2, 0.25) is 0 Å². The highest BCUT2D eigenvalue weighted by atomic mass is 16.3. The molecule has 0 radical (unpaired) electrons. The average molecular weight is 372 g/mol. The minimum atomic E-state index is 0.130. The number of rotatable bonds is 6. The second-order valence-electron chi connectivity index (χ2n) is 8.75. The Bertz CT molecular complexity index is 643. The van der Waals surface area contributed by atoms with Gasteiger partial charge in [-0.2, -0.15) is 0 Å². The lowest BCUT2D eigenvalue weighted by Gasteiger charge is -2.40. The van der Waals surface area contributed by atoms with E-state index in [1.165, 1.54) is 45.2 Å². The van der Waals surface area contributed by atoms with Crippen LogP contribution < -0.4 is 4.90 Å². The highest BCUT2D eigenvalue weighted by Crippen LogP contribution is 2.33. The van der Waals surface area contributed by atoms with Crippen LogP contribution in [0.4, 0.5) is 5.69 Å². The van der Waals surface area contributed by atoms with Crippen molar-refractivity contribution in [3.8, 4) is 0 Å². The van der Waals surface area contributed by atoms with E-state index in [-0.39, 0.29) is 12.5 Å². The van der Waals surface area contributed by atoms with Gasteiger partial charge in [-0.1, -0.05) is 6.42 Å². The number of hydrogen-bond donors (Lipinski definition) is 1. The summed E-state index contributed by atoms with van der Waals surface area (Å²) in [5.41, 5.74) is 1.81. The maximum absolute atomic E-state index is 13.1. The summed E-state index contributed by atoms with van der Waals surface area (Å²) in [6, 6.07) is 8.38. The Kier molecular flexibility index (Phi) is 5.69. The number of piperidine rings is 1. The first-order valence-electron chi connectivity index (χ1n) is 10.6. The Morgan fingerprint density at radius 3 is 2.56 bits per heavy atom. The molecule has 148 valence electrons. The lowest BCUT2D eigenvalue weighted by Crippen LogP contribution is -2.47. The molecule has 0 spiro atoms. The molecule has 1 saturated carbocycles. The van der Waals surface area contributed by atoms with Gasteiger partial charge in [-0.15, -0.1) is 0 Å². The van der Waals surface area contributed by atoms with Crippen LogP contribution in [0.25, 0.3) is 0 Å². The number of carbonyl (C=O) groups excluding carboxylic acids is 1. The van der Waals surface area contributed by atoms with Crippen LogP contribution in [0.5, 0.6) is 0 Å². The molecule has 1 aliphatic carbocycles. The summed E-state index contributed by atoms with van der Waals surface area (Å²) in [4.78, 5) is 19.9. The smallest absolute Gasteiger partial charge is 0.253 e. The van der Waals surface area contributed by atoms with Crippen molar-refractivity contribution in [1.82, 2.24) is 9.80 Å². The van der Waals surface area contributed by atoms with Crippen molar-refractivity contribution < 1.29 is 9.90 Å². The number of amides is 1. The van der Waals surface area contributed by atoms with Crippen molar-refractivity contribution in [2.24, 2.45) is 11.8 Å². The molecule has 5 nitrogen and oxygen atoms in total. The normalized spacial score (nSPS) is 25.9. The number of aliphatic hydroxyl groups is 1. The number of nitrogens with zero attached hydrogens (tertiary/aromatic N) is 3. The lowest BCUT2D eigenvalue weighted by molar-refractivity contribution is 0.0717. The van der Waals surface area contributed by atoms with Gasteiger partial charge in [0.25, 0.3) is 5.91 Å². The summed E-state index contributed by atoms with van der Waals surface area (Å²) in [5.74, 6) is 1.70. The summed E-state index contributed by atoms with van der Waals surface area (Å²) >= 11 is 0. The monoisotopic (exact) mass is 371 g/mol. The Balaban J connectivity index is 1.41. The van der Waals surface area contributed by atoms with Crippen LogP contribution >= 0.6 is 0 Å². The van der Waals surface area contributed by atoms with Gasteiger partial charge >= 0.3 is 0 Å². The van der Waals surface area contributed by atoms with Crippen LogP contribution in [0, 0.1) is 11.8 Å². The molecule has 1 amide bonds. The molecule has 27 heavy (non-hydrogen) atoms. The zero-order valence-electron chi connectivity index (χ0n) is 16.5. The van der Waals surface area contributed by atoms with Crippen molar-refractivity contribution in [3.05, 3.63) is 29.8 Å². The molecule has 0 unspecified atom stereocenters. The molecule has 1 aromatic rings. The fourth-order valence-corrected chi connectivity index (χ4v) is 4.90. The van der Waals surface area contributed by atoms with E-state index < -0.39 is 0 Å². The van der Waals surface area contributed by atoms with Crippen molar-refractivity contribution in [3.63, 3.8) is 0 Å². The van der Waals surface area contributed by atoms with E-state index in [0.717, 1.165) is 30.3 Å². The third-order valence-corrected chi connectivity index (χ3v) is 6.82. The molecular formula is C22H33N3O2. The van der Waals surface area contributed by atoms with Gasteiger partial charge in [-0.3, -0.25) is 9.69 Å². The first-order chi connectivity index (χ1) is 13.1. The van der Waals surface area contributed by atoms with Gasteiger partial charge in [-0.05, 0) is 61.8 Å². The number of anilines is 1. The minimum Gasteiger partial charge on any atom is -0.395 e. The van der Waals surface area contributed by atoms with Crippen molar-refractivity contribution in [2.45, 2.75) is 38.1 Å². The predicted molar refractivity (Wildman–Crippen MR) is 108 cm³/mol. The molecule has 3 aliphatic heterocycles. The average Bonchev–Trinajstić information content (AvgIpc) is 2.96. The summed E-state index contributed by atoms with van der Waals surface area (Å²) in [6.45, 7) is 4.94.